The zero-order chi connectivity index (χ0) is 16.3. The molecule has 0 saturated carbocycles. The number of aryl methyl sites for hydroxylation is 1. The van der Waals surface area contributed by atoms with E-state index >= 15 is 0 Å². The van der Waals surface area contributed by atoms with Crippen LogP contribution in [0.3, 0.4) is 0 Å². The van der Waals surface area contributed by atoms with Crippen LogP contribution in [0.1, 0.15) is 15.9 Å². The lowest BCUT2D eigenvalue weighted by molar-refractivity contribution is -0.274. The molecule has 2 rings (SSSR count). The van der Waals surface area contributed by atoms with Crippen molar-refractivity contribution in [3.8, 4) is 5.75 Å². The second-order valence-corrected chi connectivity index (χ2v) is 5.59. The number of rotatable bonds is 4. The summed E-state index contributed by atoms with van der Waals surface area (Å²) < 4.78 is 40.8. The molecule has 1 fully saturated rings. The number of hydrogen-bond donors (Lipinski definition) is 0. The Kier molecular flexibility index (Phi) is 5.08. The maximum absolute atomic E-state index is 12.3. The van der Waals surface area contributed by atoms with Gasteiger partial charge < -0.3 is 9.64 Å². The highest BCUT2D eigenvalue weighted by molar-refractivity contribution is 5.98. The first-order valence-electron chi connectivity index (χ1n) is 7.04. The third kappa shape index (κ3) is 4.99. The van der Waals surface area contributed by atoms with E-state index in [-0.39, 0.29) is 23.6 Å². The Bertz CT molecular complexity index is 538. The van der Waals surface area contributed by atoms with Crippen LogP contribution in [0.25, 0.3) is 0 Å². The van der Waals surface area contributed by atoms with Gasteiger partial charge in [0.15, 0.2) is 5.78 Å². The summed E-state index contributed by atoms with van der Waals surface area (Å²) in [6.07, 6.45) is -4.76. The van der Waals surface area contributed by atoms with Crippen LogP contribution in [-0.4, -0.2) is 61.7 Å². The Morgan fingerprint density at radius 1 is 1.18 bits per heavy atom. The molecule has 7 heteroatoms. The van der Waals surface area contributed by atoms with E-state index in [0.29, 0.717) is 5.56 Å². The number of carbonyl (C=O) groups is 1. The minimum absolute atomic E-state index is 0.194. The van der Waals surface area contributed by atoms with Crippen LogP contribution in [0.5, 0.6) is 5.75 Å². The van der Waals surface area contributed by atoms with E-state index in [2.05, 4.69) is 9.64 Å². The van der Waals surface area contributed by atoms with Gasteiger partial charge in [0.2, 0.25) is 0 Å². The van der Waals surface area contributed by atoms with Gasteiger partial charge in [0.05, 0.1) is 6.54 Å². The third-order valence-electron chi connectivity index (χ3n) is 3.57. The zero-order valence-electron chi connectivity index (χ0n) is 12.6. The Labute approximate surface area is 127 Å². The maximum atomic E-state index is 12.3. The Balaban J connectivity index is 2.06. The monoisotopic (exact) mass is 316 g/mol. The Morgan fingerprint density at radius 2 is 1.82 bits per heavy atom. The zero-order valence-corrected chi connectivity index (χ0v) is 12.6. The lowest BCUT2D eigenvalue weighted by Gasteiger charge is -2.31. The van der Waals surface area contributed by atoms with Crippen LogP contribution in [0.4, 0.5) is 13.2 Å². The van der Waals surface area contributed by atoms with E-state index in [1.165, 1.54) is 6.07 Å². The summed E-state index contributed by atoms with van der Waals surface area (Å²) in [7, 11) is 2.01. The second-order valence-electron chi connectivity index (χ2n) is 5.59. The predicted octanol–water partition coefficient (Wildman–Crippen LogP) is 2.32. The van der Waals surface area contributed by atoms with Gasteiger partial charge in [0.1, 0.15) is 5.75 Å². The fraction of sp³-hybridized carbons (Fsp3) is 0.533. The molecule has 0 spiro atoms. The number of likely N-dealkylation sites (N-methyl/N-ethyl adjacent to an activating group) is 1. The Morgan fingerprint density at radius 3 is 2.41 bits per heavy atom. The van der Waals surface area contributed by atoms with Crippen molar-refractivity contribution in [2.45, 2.75) is 13.3 Å². The average Bonchev–Trinajstić information content (AvgIpc) is 2.38. The van der Waals surface area contributed by atoms with Crippen molar-refractivity contribution < 1.29 is 22.7 Å². The third-order valence-corrected chi connectivity index (χ3v) is 3.57. The summed E-state index contributed by atoms with van der Waals surface area (Å²) in [5.74, 6) is -0.547. The number of benzene rings is 1. The highest BCUT2D eigenvalue weighted by Gasteiger charge is 2.31. The lowest BCUT2D eigenvalue weighted by Crippen LogP contribution is -2.46. The molecule has 0 aliphatic carbocycles. The standard InChI is InChI=1S/C15H19F3N2O2/c1-11-7-12(9-13(8-11)22-15(16,17)18)14(21)10-20-5-3-19(2)4-6-20/h7-9H,3-6,10H2,1-2H3. The van der Waals surface area contributed by atoms with Gasteiger partial charge in [-0.05, 0) is 37.7 Å². The van der Waals surface area contributed by atoms with Crippen LogP contribution < -0.4 is 4.74 Å². The van der Waals surface area contributed by atoms with Gasteiger partial charge in [0.25, 0.3) is 0 Å². The summed E-state index contributed by atoms with van der Waals surface area (Å²) in [5.41, 5.74) is 0.807. The summed E-state index contributed by atoms with van der Waals surface area (Å²) in [4.78, 5) is 16.5. The second kappa shape index (κ2) is 6.66. The van der Waals surface area contributed by atoms with Crippen LogP contribution in [-0.2, 0) is 0 Å². The van der Waals surface area contributed by atoms with Crippen molar-refractivity contribution in [2.75, 3.05) is 39.8 Å². The van der Waals surface area contributed by atoms with Crippen LogP contribution >= 0.6 is 0 Å². The lowest BCUT2D eigenvalue weighted by atomic mass is 10.1. The van der Waals surface area contributed by atoms with Gasteiger partial charge >= 0.3 is 6.36 Å². The average molecular weight is 316 g/mol. The van der Waals surface area contributed by atoms with Crippen LogP contribution in [0.2, 0.25) is 0 Å². The molecular formula is C15H19F3N2O2. The van der Waals surface area contributed by atoms with Crippen molar-refractivity contribution in [3.05, 3.63) is 29.3 Å². The first kappa shape index (κ1) is 16.8. The van der Waals surface area contributed by atoms with Crippen molar-refractivity contribution in [3.63, 3.8) is 0 Å². The number of halogens is 3. The highest BCUT2D eigenvalue weighted by atomic mass is 19.4. The van der Waals surface area contributed by atoms with Crippen LogP contribution in [0, 0.1) is 6.92 Å². The molecule has 0 bridgehead atoms. The van der Waals surface area contributed by atoms with Gasteiger partial charge in [-0.1, -0.05) is 0 Å². The molecule has 0 amide bonds. The molecule has 1 aromatic carbocycles. The van der Waals surface area contributed by atoms with E-state index in [0.717, 1.165) is 32.2 Å². The van der Waals surface area contributed by atoms with Crippen molar-refractivity contribution in [1.82, 2.24) is 9.80 Å². The molecule has 122 valence electrons. The van der Waals surface area contributed by atoms with E-state index < -0.39 is 6.36 Å². The molecule has 0 atom stereocenters. The smallest absolute Gasteiger partial charge is 0.406 e. The van der Waals surface area contributed by atoms with Gasteiger partial charge in [-0.2, -0.15) is 0 Å². The van der Waals surface area contributed by atoms with E-state index in [1.807, 2.05) is 11.9 Å². The molecule has 0 aromatic heterocycles. The van der Waals surface area contributed by atoms with Crippen molar-refractivity contribution >= 4 is 5.78 Å². The van der Waals surface area contributed by atoms with Gasteiger partial charge in [-0.25, -0.2) is 0 Å². The van der Waals surface area contributed by atoms with E-state index in [9.17, 15) is 18.0 Å². The molecular weight excluding hydrogens is 297 g/mol. The number of ether oxygens (including phenoxy) is 1. The molecule has 1 aromatic rings. The quantitative estimate of drug-likeness (QED) is 0.798. The molecule has 0 radical (unpaired) electrons. The first-order chi connectivity index (χ1) is 10.2. The molecule has 1 saturated heterocycles. The van der Waals surface area contributed by atoms with Gasteiger partial charge in [-0.15, -0.1) is 13.2 Å². The highest BCUT2D eigenvalue weighted by Crippen LogP contribution is 2.25. The van der Waals surface area contributed by atoms with Gasteiger partial charge in [0, 0.05) is 31.7 Å². The molecule has 4 nitrogen and oxygen atoms in total. The van der Waals surface area contributed by atoms with E-state index in [4.69, 9.17) is 0 Å². The maximum Gasteiger partial charge on any atom is 0.573 e. The minimum atomic E-state index is -4.76. The van der Waals surface area contributed by atoms with Gasteiger partial charge in [-0.3, -0.25) is 9.69 Å². The molecule has 1 heterocycles. The number of ketones is 1. The van der Waals surface area contributed by atoms with Crippen molar-refractivity contribution in [1.29, 1.82) is 0 Å². The molecule has 1 aliphatic rings. The van der Waals surface area contributed by atoms with E-state index in [1.54, 1.807) is 13.0 Å². The minimum Gasteiger partial charge on any atom is -0.406 e. The fourth-order valence-corrected chi connectivity index (χ4v) is 2.40. The largest absolute Gasteiger partial charge is 0.573 e. The topological polar surface area (TPSA) is 32.8 Å². The number of nitrogens with zero attached hydrogens (tertiary/aromatic N) is 2. The summed E-state index contributed by atoms with van der Waals surface area (Å²) in [6, 6.07) is 4.00. The number of hydrogen-bond acceptors (Lipinski definition) is 4. The summed E-state index contributed by atoms with van der Waals surface area (Å²) in [6.45, 7) is 5.16. The summed E-state index contributed by atoms with van der Waals surface area (Å²) in [5, 5.41) is 0. The number of piperazine rings is 1. The fourth-order valence-electron chi connectivity index (χ4n) is 2.40. The van der Waals surface area contributed by atoms with Crippen LogP contribution in [0.15, 0.2) is 18.2 Å². The predicted molar refractivity (Wildman–Crippen MR) is 76.1 cm³/mol. The molecule has 1 aliphatic heterocycles. The molecule has 0 N–H and O–H groups in total. The summed E-state index contributed by atoms with van der Waals surface area (Å²) >= 11 is 0. The SMILES string of the molecule is Cc1cc(OC(F)(F)F)cc(C(=O)CN2CCN(C)CC2)c1. The molecule has 22 heavy (non-hydrogen) atoms. The number of alkyl halides is 3. The molecule has 0 unspecified atom stereocenters. The number of Topliss-reactive ketones (excluding diaryl/α,β-unsaturated/α-hetero) is 1. The normalized spacial score (nSPS) is 17.5. The van der Waals surface area contributed by atoms with Crippen molar-refractivity contribution in [2.24, 2.45) is 0 Å². The Hall–Kier alpha value is -1.60. The first-order valence-corrected chi connectivity index (χ1v) is 7.04. The number of carbonyl (C=O) groups excluding carboxylic acids is 1.